The number of rotatable bonds is 6. The maximum absolute atomic E-state index is 11.4. The van der Waals surface area contributed by atoms with Crippen molar-refractivity contribution in [2.24, 2.45) is 0 Å². The number of aryl methyl sites for hydroxylation is 1. The van der Waals surface area contributed by atoms with E-state index in [-0.39, 0.29) is 11.4 Å². The molecule has 37 heavy (non-hydrogen) atoms. The molecule has 0 spiro atoms. The molecule has 2 aromatic carbocycles. The highest BCUT2D eigenvalue weighted by atomic mass is 16.7. The Morgan fingerprint density at radius 3 is 2.41 bits per heavy atom. The Morgan fingerprint density at radius 2 is 1.76 bits per heavy atom. The number of nitrogens with one attached hydrogen (secondary N) is 1. The molecule has 3 heterocycles. The van der Waals surface area contributed by atoms with E-state index in [9.17, 15) is 4.79 Å². The van der Waals surface area contributed by atoms with Crippen molar-refractivity contribution in [1.29, 1.82) is 0 Å². The zero-order valence-electron chi connectivity index (χ0n) is 22.4. The van der Waals surface area contributed by atoms with E-state index in [2.05, 4.69) is 83.0 Å². The van der Waals surface area contributed by atoms with Gasteiger partial charge in [0, 0.05) is 51.6 Å². The summed E-state index contributed by atoms with van der Waals surface area (Å²) in [7, 11) is 0. The van der Waals surface area contributed by atoms with Crippen molar-refractivity contribution in [3.63, 3.8) is 0 Å². The van der Waals surface area contributed by atoms with Gasteiger partial charge in [0.1, 0.15) is 17.2 Å². The lowest BCUT2D eigenvalue weighted by atomic mass is 9.87. The Kier molecular flexibility index (Phi) is 6.77. The molecule has 8 nitrogen and oxygen atoms in total. The van der Waals surface area contributed by atoms with E-state index in [4.69, 9.17) is 9.82 Å². The molecule has 0 bridgehead atoms. The van der Waals surface area contributed by atoms with Crippen molar-refractivity contribution in [2.75, 3.05) is 31.1 Å². The fraction of sp³-hybridized carbons (Fsp3) is 0.414. The topological polar surface area (TPSA) is 79.3 Å². The fourth-order valence-electron chi connectivity index (χ4n) is 4.90. The molecule has 0 radical (unpaired) electrons. The van der Waals surface area contributed by atoms with Gasteiger partial charge < -0.3 is 14.7 Å². The number of aromatic nitrogens is 4. The van der Waals surface area contributed by atoms with Crippen molar-refractivity contribution in [3.05, 3.63) is 65.7 Å². The van der Waals surface area contributed by atoms with E-state index in [1.54, 1.807) is 0 Å². The SMILES string of the molecule is CCc1nc(CN2CCN(c3cccc4[nH]c(-c5ccc(C(C)(C)C)cc5)nc34)CC2)cn1OC(C)=O. The predicted molar refractivity (Wildman–Crippen MR) is 147 cm³/mol. The molecule has 8 heteroatoms. The highest BCUT2D eigenvalue weighted by Crippen LogP contribution is 2.30. The van der Waals surface area contributed by atoms with E-state index >= 15 is 0 Å². The third-order valence-corrected chi connectivity index (χ3v) is 6.95. The van der Waals surface area contributed by atoms with Crippen molar-refractivity contribution in [3.8, 4) is 11.4 Å². The third kappa shape index (κ3) is 5.39. The summed E-state index contributed by atoms with van der Waals surface area (Å²) >= 11 is 0. The lowest BCUT2D eigenvalue weighted by molar-refractivity contribution is -0.141. The Morgan fingerprint density at radius 1 is 1.03 bits per heavy atom. The van der Waals surface area contributed by atoms with E-state index in [0.29, 0.717) is 6.42 Å². The Bertz CT molecular complexity index is 1390. The number of imidazole rings is 2. The van der Waals surface area contributed by atoms with Crippen LogP contribution < -0.4 is 9.74 Å². The summed E-state index contributed by atoms with van der Waals surface area (Å²) < 4.78 is 1.50. The van der Waals surface area contributed by atoms with Crippen molar-refractivity contribution in [1.82, 2.24) is 24.6 Å². The average molecular weight is 501 g/mol. The highest BCUT2D eigenvalue weighted by molar-refractivity contribution is 5.91. The van der Waals surface area contributed by atoms with Crippen LogP contribution in [0.1, 0.15) is 51.7 Å². The van der Waals surface area contributed by atoms with Crippen LogP contribution in [-0.2, 0) is 23.2 Å². The number of hydrogen-bond acceptors (Lipinski definition) is 6. The molecule has 1 saturated heterocycles. The van der Waals surface area contributed by atoms with Crippen LogP contribution in [-0.4, -0.2) is 56.7 Å². The summed E-state index contributed by atoms with van der Waals surface area (Å²) in [5, 5.41) is 0. The zero-order chi connectivity index (χ0) is 26.2. The quantitative estimate of drug-likeness (QED) is 0.417. The normalized spacial score (nSPS) is 14.9. The van der Waals surface area contributed by atoms with Crippen LogP contribution in [0.2, 0.25) is 0 Å². The van der Waals surface area contributed by atoms with Gasteiger partial charge in [-0.15, -0.1) is 0 Å². The van der Waals surface area contributed by atoms with Crippen LogP contribution in [0.3, 0.4) is 0 Å². The molecule has 1 aliphatic heterocycles. The van der Waals surface area contributed by atoms with E-state index < -0.39 is 0 Å². The lowest BCUT2D eigenvalue weighted by Gasteiger charge is -2.35. The third-order valence-electron chi connectivity index (χ3n) is 6.95. The smallest absolute Gasteiger partial charge is 0.329 e. The maximum Gasteiger partial charge on any atom is 0.329 e. The van der Waals surface area contributed by atoms with Gasteiger partial charge in [0.15, 0.2) is 0 Å². The minimum Gasteiger partial charge on any atom is -0.367 e. The summed E-state index contributed by atoms with van der Waals surface area (Å²) in [6.07, 6.45) is 2.53. The van der Waals surface area contributed by atoms with Gasteiger partial charge >= 0.3 is 5.97 Å². The lowest BCUT2D eigenvalue weighted by Crippen LogP contribution is -2.46. The number of nitrogens with zero attached hydrogens (tertiary/aromatic N) is 5. The zero-order valence-corrected chi connectivity index (χ0v) is 22.4. The molecule has 4 aromatic rings. The molecule has 0 atom stereocenters. The largest absolute Gasteiger partial charge is 0.367 e. The van der Waals surface area contributed by atoms with Gasteiger partial charge in [0.2, 0.25) is 0 Å². The van der Waals surface area contributed by atoms with Crippen LogP contribution >= 0.6 is 0 Å². The van der Waals surface area contributed by atoms with Crippen molar-refractivity contribution < 1.29 is 9.63 Å². The van der Waals surface area contributed by atoms with E-state index in [0.717, 1.165) is 66.7 Å². The first kappa shape index (κ1) is 25.0. The number of anilines is 1. The van der Waals surface area contributed by atoms with Crippen LogP contribution in [0.4, 0.5) is 5.69 Å². The highest BCUT2D eigenvalue weighted by Gasteiger charge is 2.22. The fourth-order valence-corrected chi connectivity index (χ4v) is 4.90. The van der Waals surface area contributed by atoms with Crippen LogP contribution in [0.15, 0.2) is 48.7 Å². The molecular weight excluding hydrogens is 464 g/mol. The average Bonchev–Trinajstić information content (AvgIpc) is 3.47. The first-order valence-corrected chi connectivity index (χ1v) is 13.0. The Balaban J connectivity index is 1.28. The molecule has 0 unspecified atom stereocenters. The molecule has 1 aliphatic rings. The second-order valence-electron chi connectivity index (χ2n) is 10.8. The van der Waals surface area contributed by atoms with E-state index in [1.165, 1.54) is 22.9 Å². The molecule has 1 fully saturated rings. The number of carbonyl (C=O) groups is 1. The summed E-state index contributed by atoms with van der Waals surface area (Å²) in [4.78, 5) is 34.6. The standard InChI is InChI=1S/C29H36N6O2/c1-6-26-30-23(19-35(26)37-20(2)36)18-33-14-16-34(17-15-33)25-9-7-8-24-27(25)32-28(31-24)21-10-12-22(13-11-21)29(3,4)5/h7-13,19H,6,14-18H2,1-5H3,(H,31,32). The molecule has 0 saturated carbocycles. The van der Waals surface area contributed by atoms with Gasteiger partial charge in [-0.1, -0.05) is 58.0 Å². The Labute approximate surface area is 218 Å². The first-order chi connectivity index (χ1) is 17.7. The molecular formula is C29H36N6O2. The van der Waals surface area contributed by atoms with Gasteiger partial charge in [-0.2, -0.15) is 4.73 Å². The maximum atomic E-state index is 11.4. The number of H-pyrrole nitrogens is 1. The number of para-hydroxylation sites is 1. The number of hydrogen-bond donors (Lipinski definition) is 1. The number of aromatic amines is 1. The van der Waals surface area contributed by atoms with Gasteiger partial charge in [0.05, 0.1) is 23.1 Å². The minimum atomic E-state index is -0.343. The van der Waals surface area contributed by atoms with Crippen LogP contribution in [0.25, 0.3) is 22.4 Å². The molecule has 1 N–H and O–H groups in total. The van der Waals surface area contributed by atoms with Crippen molar-refractivity contribution in [2.45, 2.75) is 53.0 Å². The molecule has 2 aromatic heterocycles. The van der Waals surface area contributed by atoms with Crippen LogP contribution in [0, 0.1) is 0 Å². The van der Waals surface area contributed by atoms with Crippen LogP contribution in [0.5, 0.6) is 0 Å². The summed E-state index contributed by atoms with van der Waals surface area (Å²) in [6, 6.07) is 15.1. The molecule has 194 valence electrons. The Hall–Kier alpha value is -3.65. The summed E-state index contributed by atoms with van der Waals surface area (Å²) in [6.45, 7) is 14.5. The number of benzene rings is 2. The number of fused-ring (bicyclic) bond motifs is 1. The molecule has 0 aliphatic carbocycles. The summed E-state index contributed by atoms with van der Waals surface area (Å²) in [5.41, 5.74) is 6.69. The van der Waals surface area contributed by atoms with Gasteiger partial charge in [-0.3, -0.25) is 4.90 Å². The van der Waals surface area contributed by atoms with Gasteiger partial charge in [-0.25, -0.2) is 14.8 Å². The first-order valence-electron chi connectivity index (χ1n) is 13.0. The predicted octanol–water partition coefficient (Wildman–Crippen LogP) is 4.58. The van der Waals surface area contributed by atoms with Crippen molar-refractivity contribution >= 4 is 22.7 Å². The minimum absolute atomic E-state index is 0.127. The van der Waals surface area contributed by atoms with Gasteiger partial charge in [-0.05, 0) is 23.1 Å². The molecule has 5 rings (SSSR count). The van der Waals surface area contributed by atoms with E-state index in [1.807, 2.05) is 13.1 Å². The molecule has 0 amide bonds. The monoisotopic (exact) mass is 500 g/mol. The number of piperazine rings is 1. The number of carbonyl (C=O) groups excluding carboxylic acids is 1. The second-order valence-corrected chi connectivity index (χ2v) is 10.8. The second kappa shape index (κ2) is 10.0. The summed E-state index contributed by atoms with van der Waals surface area (Å²) in [5.74, 6) is 1.32. The van der Waals surface area contributed by atoms with Gasteiger partial charge in [0.25, 0.3) is 0 Å².